The van der Waals surface area contributed by atoms with E-state index in [9.17, 15) is 0 Å². The van der Waals surface area contributed by atoms with Gasteiger partial charge in [0.1, 0.15) is 10.8 Å². The molecule has 0 amide bonds. The summed E-state index contributed by atoms with van der Waals surface area (Å²) < 4.78 is 1.00. The molecule has 1 heterocycles. The van der Waals surface area contributed by atoms with Crippen LogP contribution in [0.5, 0.6) is 0 Å². The molecule has 0 radical (unpaired) electrons. The molecule has 0 saturated carbocycles. The van der Waals surface area contributed by atoms with Crippen molar-refractivity contribution in [3.8, 4) is 0 Å². The van der Waals surface area contributed by atoms with Crippen LogP contribution in [0.1, 0.15) is 0 Å². The van der Waals surface area contributed by atoms with Crippen LogP contribution < -0.4 is 5.73 Å². The number of nitrogen functional groups attached to an aromatic ring is 1. The van der Waals surface area contributed by atoms with Crippen molar-refractivity contribution in [3.63, 3.8) is 0 Å². The Bertz CT molecular complexity index is 563. The van der Waals surface area contributed by atoms with Crippen molar-refractivity contribution in [1.82, 2.24) is 4.98 Å². The Morgan fingerprint density at radius 1 is 1.18 bits per heavy atom. The molecule has 1 aromatic heterocycles. The summed E-state index contributed by atoms with van der Waals surface area (Å²) in [6.45, 7) is 0. The molecule has 0 spiro atoms. The molecule has 0 atom stereocenters. The highest BCUT2D eigenvalue weighted by molar-refractivity contribution is 9.10. The quantitative estimate of drug-likeness (QED) is 0.839. The predicted molar refractivity (Wildman–Crippen MR) is 76.9 cm³/mol. The van der Waals surface area contributed by atoms with Gasteiger partial charge >= 0.3 is 0 Å². The summed E-state index contributed by atoms with van der Waals surface area (Å²) in [6, 6.07) is 9.45. The van der Waals surface area contributed by atoms with E-state index < -0.39 is 0 Å². The number of nitrogens with zero attached hydrogens (tertiary/aromatic N) is 1. The molecule has 2 nitrogen and oxygen atoms in total. The van der Waals surface area contributed by atoms with Gasteiger partial charge in [0.05, 0.1) is 10.0 Å². The third-order valence-corrected chi connectivity index (χ3v) is 4.13. The molecular formula is C11H7BrCl2N2S. The zero-order valence-corrected chi connectivity index (χ0v) is 12.4. The van der Waals surface area contributed by atoms with Crippen LogP contribution in [0.15, 0.2) is 44.7 Å². The molecule has 2 rings (SSSR count). The molecule has 0 bridgehead atoms. The number of benzene rings is 1. The summed E-state index contributed by atoms with van der Waals surface area (Å²) in [4.78, 5) is 5.18. The Morgan fingerprint density at radius 3 is 2.65 bits per heavy atom. The maximum atomic E-state index is 6.06. The van der Waals surface area contributed by atoms with Gasteiger partial charge < -0.3 is 5.73 Å². The van der Waals surface area contributed by atoms with Crippen LogP contribution >= 0.6 is 50.9 Å². The Balaban J connectivity index is 2.33. The first-order valence-corrected chi connectivity index (χ1v) is 6.98. The normalized spacial score (nSPS) is 10.5. The summed E-state index contributed by atoms with van der Waals surface area (Å²) >= 11 is 16.7. The van der Waals surface area contributed by atoms with E-state index in [2.05, 4.69) is 20.9 Å². The van der Waals surface area contributed by atoms with Gasteiger partial charge in [-0.1, -0.05) is 57.0 Å². The van der Waals surface area contributed by atoms with Crippen molar-refractivity contribution in [1.29, 1.82) is 0 Å². The second-order valence-electron chi connectivity index (χ2n) is 3.20. The average molecular weight is 350 g/mol. The first-order chi connectivity index (χ1) is 8.06. The standard InChI is InChI=1S/C11H7BrCl2N2S/c12-6-2-1-3-7(4-6)17-11-9(14)5-8(13)10(15)16-11/h1-5H,(H2,15,16). The number of aromatic nitrogens is 1. The van der Waals surface area contributed by atoms with Crippen molar-refractivity contribution in [2.45, 2.75) is 9.92 Å². The van der Waals surface area contributed by atoms with E-state index >= 15 is 0 Å². The second kappa shape index (κ2) is 5.48. The maximum absolute atomic E-state index is 6.06. The number of rotatable bonds is 2. The molecule has 0 saturated heterocycles. The number of hydrogen-bond donors (Lipinski definition) is 1. The van der Waals surface area contributed by atoms with Crippen LogP contribution in [0.2, 0.25) is 10.0 Å². The van der Waals surface area contributed by atoms with Gasteiger partial charge in [-0.15, -0.1) is 0 Å². The van der Waals surface area contributed by atoms with Crippen LogP contribution in [0.4, 0.5) is 5.82 Å². The predicted octanol–water partition coefficient (Wildman–Crippen LogP) is 4.88. The van der Waals surface area contributed by atoms with E-state index in [0.717, 1.165) is 9.37 Å². The van der Waals surface area contributed by atoms with Gasteiger partial charge in [-0.05, 0) is 24.3 Å². The molecule has 0 aliphatic heterocycles. The molecule has 88 valence electrons. The number of halogens is 3. The molecule has 2 aromatic rings. The fourth-order valence-corrected chi connectivity index (χ4v) is 3.06. The number of nitrogens with two attached hydrogens (primary N) is 1. The minimum atomic E-state index is 0.286. The number of anilines is 1. The third-order valence-electron chi connectivity index (χ3n) is 1.94. The fraction of sp³-hybridized carbons (Fsp3) is 0. The van der Waals surface area contributed by atoms with Gasteiger partial charge in [-0.25, -0.2) is 4.98 Å². The Morgan fingerprint density at radius 2 is 1.94 bits per heavy atom. The second-order valence-corrected chi connectivity index (χ2v) is 5.99. The fourth-order valence-electron chi connectivity index (χ4n) is 1.18. The molecule has 6 heteroatoms. The molecule has 0 fully saturated rings. The molecule has 0 aliphatic rings. The van der Waals surface area contributed by atoms with Gasteiger partial charge in [-0.3, -0.25) is 0 Å². The Hall–Kier alpha value is -0.420. The smallest absolute Gasteiger partial charge is 0.143 e. The molecule has 17 heavy (non-hydrogen) atoms. The minimum absolute atomic E-state index is 0.286. The van der Waals surface area contributed by atoms with E-state index in [0.29, 0.717) is 15.1 Å². The third kappa shape index (κ3) is 3.28. The highest BCUT2D eigenvalue weighted by atomic mass is 79.9. The lowest BCUT2D eigenvalue weighted by Crippen LogP contribution is -1.93. The lowest BCUT2D eigenvalue weighted by Gasteiger charge is -2.06. The largest absolute Gasteiger partial charge is 0.382 e. The van der Waals surface area contributed by atoms with E-state index in [1.54, 1.807) is 6.07 Å². The molecule has 1 aromatic carbocycles. The Kier molecular flexibility index (Phi) is 4.20. The first-order valence-electron chi connectivity index (χ1n) is 4.61. The molecule has 0 unspecified atom stereocenters. The summed E-state index contributed by atoms with van der Waals surface area (Å²) in [5, 5.41) is 1.51. The van der Waals surface area contributed by atoms with Crippen LogP contribution in [0.3, 0.4) is 0 Å². The zero-order chi connectivity index (χ0) is 12.4. The monoisotopic (exact) mass is 348 g/mol. The molecule has 0 aliphatic carbocycles. The lowest BCUT2D eigenvalue weighted by molar-refractivity contribution is 1.14. The van der Waals surface area contributed by atoms with E-state index in [1.807, 2.05) is 24.3 Å². The first kappa shape index (κ1) is 13.0. The summed E-state index contributed by atoms with van der Waals surface area (Å²) in [5.74, 6) is 0.286. The van der Waals surface area contributed by atoms with E-state index in [1.165, 1.54) is 11.8 Å². The summed E-state index contributed by atoms with van der Waals surface area (Å²) in [7, 11) is 0. The van der Waals surface area contributed by atoms with Crippen LogP contribution in [-0.2, 0) is 0 Å². The number of hydrogen-bond acceptors (Lipinski definition) is 3. The highest BCUT2D eigenvalue weighted by Gasteiger charge is 2.08. The zero-order valence-electron chi connectivity index (χ0n) is 8.45. The summed E-state index contributed by atoms with van der Waals surface area (Å²) in [5.41, 5.74) is 5.65. The van der Waals surface area contributed by atoms with Gasteiger partial charge in [0.25, 0.3) is 0 Å². The SMILES string of the molecule is Nc1nc(Sc2cccc(Br)c2)c(Cl)cc1Cl. The van der Waals surface area contributed by atoms with E-state index in [-0.39, 0.29) is 5.82 Å². The topological polar surface area (TPSA) is 38.9 Å². The van der Waals surface area contributed by atoms with Crippen molar-refractivity contribution in [2.24, 2.45) is 0 Å². The van der Waals surface area contributed by atoms with Gasteiger partial charge in [0.15, 0.2) is 0 Å². The molecule has 2 N–H and O–H groups in total. The van der Waals surface area contributed by atoms with Crippen molar-refractivity contribution < 1.29 is 0 Å². The van der Waals surface area contributed by atoms with Crippen molar-refractivity contribution in [3.05, 3.63) is 44.8 Å². The number of pyridine rings is 1. The Labute approximate surface area is 122 Å². The highest BCUT2D eigenvalue weighted by Crippen LogP contribution is 2.35. The van der Waals surface area contributed by atoms with Crippen LogP contribution in [0, 0.1) is 0 Å². The maximum Gasteiger partial charge on any atom is 0.143 e. The average Bonchev–Trinajstić information content (AvgIpc) is 2.26. The minimum Gasteiger partial charge on any atom is -0.382 e. The van der Waals surface area contributed by atoms with Gasteiger partial charge in [-0.2, -0.15) is 0 Å². The molecular weight excluding hydrogens is 343 g/mol. The van der Waals surface area contributed by atoms with Crippen molar-refractivity contribution >= 4 is 56.7 Å². The van der Waals surface area contributed by atoms with Crippen LogP contribution in [0.25, 0.3) is 0 Å². The van der Waals surface area contributed by atoms with Gasteiger partial charge in [0, 0.05) is 9.37 Å². The lowest BCUT2D eigenvalue weighted by atomic mass is 10.4. The van der Waals surface area contributed by atoms with Crippen molar-refractivity contribution in [2.75, 3.05) is 5.73 Å². The van der Waals surface area contributed by atoms with Gasteiger partial charge in [0.2, 0.25) is 0 Å². The van der Waals surface area contributed by atoms with Crippen LogP contribution in [-0.4, -0.2) is 4.98 Å². The van der Waals surface area contributed by atoms with E-state index in [4.69, 9.17) is 28.9 Å². The summed E-state index contributed by atoms with van der Waals surface area (Å²) in [6.07, 6.45) is 0.